The van der Waals surface area contributed by atoms with Crippen LogP contribution in [0.25, 0.3) is 6.08 Å². The summed E-state index contributed by atoms with van der Waals surface area (Å²) in [6, 6.07) is 14.5. The fourth-order valence-electron chi connectivity index (χ4n) is 2.85. The highest BCUT2D eigenvalue weighted by atomic mass is 35.5. The zero-order chi connectivity index (χ0) is 23.6. The molecule has 1 heterocycles. The number of nitrogens with zero attached hydrogens (tertiary/aromatic N) is 1. The zero-order valence-electron chi connectivity index (χ0n) is 18.5. The number of hydrogen-bond donors (Lipinski definition) is 0. The fourth-order valence-corrected chi connectivity index (χ4v) is 3.25. The Bertz CT molecular complexity index is 1110. The number of esters is 1. The van der Waals surface area contributed by atoms with Crippen LogP contribution < -0.4 is 9.47 Å². The molecule has 7 heteroatoms. The van der Waals surface area contributed by atoms with E-state index in [2.05, 4.69) is 4.98 Å². The zero-order valence-corrected chi connectivity index (χ0v) is 20.0. The monoisotopic (exact) mass is 485 g/mol. The molecule has 0 saturated carbocycles. The van der Waals surface area contributed by atoms with Crippen molar-refractivity contribution in [2.75, 3.05) is 6.61 Å². The predicted octanol–water partition coefficient (Wildman–Crippen LogP) is 7.42. The van der Waals surface area contributed by atoms with Crippen molar-refractivity contribution in [2.45, 2.75) is 33.3 Å². The lowest BCUT2D eigenvalue weighted by Gasteiger charge is -2.11. The van der Waals surface area contributed by atoms with Crippen molar-refractivity contribution in [2.24, 2.45) is 0 Å². The lowest BCUT2D eigenvalue weighted by molar-refractivity contribution is -0.137. The smallest absolute Gasteiger partial charge is 0.330 e. The molecule has 3 rings (SSSR count). The van der Waals surface area contributed by atoms with Gasteiger partial charge in [-0.3, -0.25) is 0 Å². The summed E-state index contributed by atoms with van der Waals surface area (Å²) in [6.45, 7) is 4.69. The van der Waals surface area contributed by atoms with E-state index in [0.717, 1.165) is 24.0 Å². The van der Waals surface area contributed by atoms with E-state index in [4.69, 9.17) is 37.4 Å². The number of rotatable bonds is 10. The van der Waals surface area contributed by atoms with Crippen molar-refractivity contribution in [3.05, 3.63) is 87.5 Å². The Morgan fingerprint density at radius 2 is 1.91 bits per heavy atom. The molecule has 0 fully saturated rings. The number of pyridine rings is 1. The molecule has 0 amide bonds. The third-order valence-electron chi connectivity index (χ3n) is 4.71. The van der Waals surface area contributed by atoms with Crippen LogP contribution in [0, 0.1) is 6.92 Å². The van der Waals surface area contributed by atoms with Crippen molar-refractivity contribution in [3.63, 3.8) is 0 Å². The topological polar surface area (TPSA) is 57.7 Å². The van der Waals surface area contributed by atoms with Crippen LogP contribution >= 0.6 is 23.2 Å². The first kappa shape index (κ1) is 24.6. The van der Waals surface area contributed by atoms with Crippen LogP contribution in [0.15, 0.2) is 60.8 Å². The van der Waals surface area contributed by atoms with Gasteiger partial charge in [0.1, 0.15) is 18.1 Å². The highest BCUT2D eigenvalue weighted by Gasteiger charge is 2.09. The second-order valence-corrected chi connectivity index (χ2v) is 8.12. The Kier molecular flexibility index (Phi) is 9.16. The Hall–Kier alpha value is -3.02. The van der Waals surface area contributed by atoms with Gasteiger partial charge in [0, 0.05) is 28.8 Å². The first-order chi connectivity index (χ1) is 16.0. The van der Waals surface area contributed by atoms with Gasteiger partial charge in [0.15, 0.2) is 0 Å². The molecule has 0 N–H and O–H groups in total. The molecule has 0 bridgehead atoms. The molecule has 0 aliphatic rings. The summed E-state index contributed by atoms with van der Waals surface area (Å²) in [5, 5.41) is 1.11. The van der Waals surface area contributed by atoms with Gasteiger partial charge in [0.25, 0.3) is 0 Å². The van der Waals surface area contributed by atoms with Gasteiger partial charge >= 0.3 is 5.97 Å². The normalized spacial score (nSPS) is 10.9. The van der Waals surface area contributed by atoms with E-state index in [1.165, 1.54) is 6.08 Å². The minimum absolute atomic E-state index is 0.345. The summed E-state index contributed by atoms with van der Waals surface area (Å²) < 4.78 is 16.7. The van der Waals surface area contributed by atoms with Crippen molar-refractivity contribution >= 4 is 35.2 Å². The van der Waals surface area contributed by atoms with Crippen molar-refractivity contribution in [1.82, 2.24) is 4.98 Å². The first-order valence-corrected chi connectivity index (χ1v) is 11.4. The van der Waals surface area contributed by atoms with Crippen LogP contribution in [-0.4, -0.2) is 17.6 Å². The minimum Gasteiger partial charge on any atom is -0.487 e. The molecule has 0 aliphatic carbocycles. The molecule has 5 nitrogen and oxygen atoms in total. The number of carbonyl (C=O) groups is 1. The summed E-state index contributed by atoms with van der Waals surface area (Å²) in [5.41, 5.74) is 2.44. The minimum atomic E-state index is -0.390. The molecule has 2 aromatic carbocycles. The van der Waals surface area contributed by atoms with E-state index >= 15 is 0 Å². The lowest BCUT2D eigenvalue weighted by atomic mass is 10.1. The number of aryl methyl sites for hydroxylation is 1. The van der Waals surface area contributed by atoms with Gasteiger partial charge < -0.3 is 14.2 Å². The molecule has 172 valence electrons. The molecular weight excluding hydrogens is 461 g/mol. The molecule has 0 saturated heterocycles. The molecule has 0 spiro atoms. The second-order valence-electron chi connectivity index (χ2n) is 7.31. The molecule has 0 atom stereocenters. The Labute approximate surface area is 203 Å². The van der Waals surface area contributed by atoms with E-state index in [1.807, 2.05) is 44.2 Å². The summed E-state index contributed by atoms with van der Waals surface area (Å²) in [5.74, 6) is 1.18. The third kappa shape index (κ3) is 7.52. The van der Waals surface area contributed by atoms with Gasteiger partial charge in [-0.25, -0.2) is 9.78 Å². The maximum Gasteiger partial charge on any atom is 0.330 e. The quantitative estimate of drug-likeness (QED) is 0.170. The summed E-state index contributed by atoms with van der Waals surface area (Å²) in [7, 11) is 0. The van der Waals surface area contributed by atoms with Crippen LogP contribution in [0.2, 0.25) is 10.0 Å². The number of ether oxygens (including phenoxy) is 3. The van der Waals surface area contributed by atoms with Crippen LogP contribution in [0.1, 0.15) is 36.5 Å². The molecular formula is C26H25Cl2NO4. The van der Waals surface area contributed by atoms with Gasteiger partial charge in [-0.1, -0.05) is 54.7 Å². The van der Waals surface area contributed by atoms with Gasteiger partial charge in [0.05, 0.1) is 17.8 Å². The maximum atomic E-state index is 11.8. The highest BCUT2D eigenvalue weighted by Crippen LogP contribution is 2.31. The molecule has 0 unspecified atom stereocenters. The summed E-state index contributed by atoms with van der Waals surface area (Å²) in [4.78, 5) is 16.1. The highest BCUT2D eigenvalue weighted by molar-refractivity contribution is 6.32. The van der Waals surface area contributed by atoms with E-state index in [9.17, 15) is 4.79 Å². The summed E-state index contributed by atoms with van der Waals surface area (Å²) >= 11 is 12.5. The van der Waals surface area contributed by atoms with Crippen LogP contribution in [0.5, 0.6) is 17.4 Å². The van der Waals surface area contributed by atoms with E-state index in [1.54, 1.807) is 30.5 Å². The number of benzene rings is 2. The summed E-state index contributed by atoms with van der Waals surface area (Å²) in [6.07, 6.45) is 6.41. The van der Waals surface area contributed by atoms with E-state index in [0.29, 0.717) is 46.2 Å². The number of unbranched alkanes of at least 4 members (excludes halogenated alkanes) is 1. The number of hydrogen-bond acceptors (Lipinski definition) is 5. The number of aromatic nitrogens is 1. The SMILES string of the molecule is CCCCOC(=O)/C=C/c1cc(C)c(Oc2ccc(OCc3ccccc3Cl)cn2)cc1Cl. The fraction of sp³-hybridized carbons (Fsp3) is 0.231. The van der Waals surface area contributed by atoms with Crippen molar-refractivity contribution in [3.8, 4) is 17.4 Å². The molecule has 0 radical (unpaired) electrons. The van der Waals surface area contributed by atoms with Gasteiger partial charge in [-0.15, -0.1) is 0 Å². The lowest BCUT2D eigenvalue weighted by Crippen LogP contribution is -2.01. The average molecular weight is 486 g/mol. The average Bonchev–Trinajstić information content (AvgIpc) is 2.81. The van der Waals surface area contributed by atoms with Crippen LogP contribution in [-0.2, 0) is 16.1 Å². The Morgan fingerprint density at radius 1 is 1.09 bits per heavy atom. The molecule has 1 aromatic heterocycles. The van der Waals surface area contributed by atoms with E-state index < -0.39 is 5.97 Å². The first-order valence-electron chi connectivity index (χ1n) is 10.6. The number of halogens is 2. The largest absolute Gasteiger partial charge is 0.487 e. The molecule has 3 aromatic rings. The maximum absolute atomic E-state index is 11.8. The molecule has 0 aliphatic heterocycles. The Balaban J connectivity index is 1.60. The second kappa shape index (κ2) is 12.3. The molecule has 33 heavy (non-hydrogen) atoms. The standard InChI is InChI=1S/C26H25Cl2NO4/c1-3-4-13-31-26(30)12-9-19-14-18(2)24(15-23(19)28)33-25-11-10-21(16-29-25)32-17-20-7-5-6-8-22(20)27/h5-12,14-16H,3-4,13,17H2,1-2H3/b12-9+. The van der Waals surface area contributed by atoms with Crippen molar-refractivity contribution in [1.29, 1.82) is 0 Å². The number of carbonyl (C=O) groups excluding carboxylic acids is 1. The van der Waals surface area contributed by atoms with Gasteiger partial charge in [-0.05, 0) is 48.7 Å². The predicted molar refractivity (Wildman–Crippen MR) is 131 cm³/mol. The van der Waals surface area contributed by atoms with Crippen molar-refractivity contribution < 1.29 is 19.0 Å². The Morgan fingerprint density at radius 3 is 2.64 bits per heavy atom. The van der Waals surface area contributed by atoms with Crippen LogP contribution in [0.3, 0.4) is 0 Å². The van der Waals surface area contributed by atoms with Gasteiger partial charge in [0.2, 0.25) is 5.88 Å². The third-order valence-corrected chi connectivity index (χ3v) is 5.41. The van der Waals surface area contributed by atoms with E-state index in [-0.39, 0.29) is 0 Å². The van der Waals surface area contributed by atoms with Gasteiger partial charge in [-0.2, -0.15) is 0 Å². The van der Waals surface area contributed by atoms with Crippen LogP contribution in [0.4, 0.5) is 0 Å².